The molecule has 0 bridgehead atoms. The lowest BCUT2D eigenvalue weighted by molar-refractivity contribution is -0.121. The maximum Gasteiger partial charge on any atom is 0.220 e. The standard InChI is InChI=1S/C15H20N2OS/c1-19-10-4-7-15(18)16-9-8-12-11-17-14-6-3-2-5-13(12)14/h2-3,5-6,11,17H,4,7-10H2,1H3,(H,16,18). The van der Waals surface area contributed by atoms with E-state index in [0.717, 1.165) is 24.1 Å². The van der Waals surface area contributed by atoms with Gasteiger partial charge in [0.15, 0.2) is 0 Å². The molecular weight excluding hydrogens is 256 g/mol. The number of amides is 1. The van der Waals surface area contributed by atoms with Crippen LogP contribution in [-0.4, -0.2) is 29.4 Å². The molecule has 0 unspecified atom stereocenters. The van der Waals surface area contributed by atoms with Gasteiger partial charge in [-0.2, -0.15) is 11.8 Å². The molecule has 0 aliphatic heterocycles. The Hall–Kier alpha value is -1.42. The first kappa shape index (κ1) is 14.0. The first-order valence-corrected chi connectivity index (χ1v) is 8.01. The Bertz CT molecular complexity index is 536. The van der Waals surface area contributed by atoms with E-state index in [9.17, 15) is 4.79 Å². The summed E-state index contributed by atoms with van der Waals surface area (Å²) in [4.78, 5) is 14.8. The number of para-hydroxylation sites is 1. The zero-order valence-corrected chi connectivity index (χ0v) is 12.1. The van der Waals surface area contributed by atoms with Gasteiger partial charge in [0.05, 0.1) is 0 Å². The van der Waals surface area contributed by atoms with Crippen molar-refractivity contribution in [2.75, 3.05) is 18.6 Å². The molecule has 0 aliphatic carbocycles. The summed E-state index contributed by atoms with van der Waals surface area (Å²) in [5, 5.41) is 4.23. The van der Waals surface area contributed by atoms with Crippen LogP contribution >= 0.6 is 11.8 Å². The van der Waals surface area contributed by atoms with Crippen molar-refractivity contribution in [3.63, 3.8) is 0 Å². The van der Waals surface area contributed by atoms with E-state index in [2.05, 4.69) is 28.7 Å². The summed E-state index contributed by atoms with van der Waals surface area (Å²) in [7, 11) is 0. The number of aromatic nitrogens is 1. The summed E-state index contributed by atoms with van der Waals surface area (Å²) in [6.07, 6.45) is 6.56. The fourth-order valence-corrected chi connectivity index (χ4v) is 2.57. The van der Waals surface area contributed by atoms with Crippen molar-refractivity contribution >= 4 is 28.6 Å². The van der Waals surface area contributed by atoms with E-state index < -0.39 is 0 Å². The molecule has 0 atom stereocenters. The van der Waals surface area contributed by atoms with E-state index in [1.165, 1.54) is 10.9 Å². The minimum absolute atomic E-state index is 0.161. The van der Waals surface area contributed by atoms with Crippen molar-refractivity contribution in [1.82, 2.24) is 10.3 Å². The number of hydrogen-bond acceptors (Lipinski definition) is 2. The third-order valence-electron chi connectivity index (χ3n) is 3.14. The SMILES string of the molecule is CSCCCC(=O)NCCc1c[nH]c2ccccc12. The maximum absolute atomic E-state index is 11.6. The second kappa shape index (κ2) is 7.24. The molecule has 0 fully saturated rings. The van der Waals surface area contributed by atoms with Crippen LogP contribution in [-0.2, 0) is 11.2 Å². The number of H-pyrrole nitrogens is 1. The highest BCUT2D eigenvalue weighted by atomic mass is 32.2. The summed E-state index contributed by atoms with van der Waals surface area (Å²) in [5.74, 6) is 1.21. The molecule has 1 heterocycles. The molecule has 19 heavy (non-hydrogen) atoms. The van der Waals surface area contributed by atoms with Gasteiger partial charge in [-0.05, 0) is 36.5 Å². The van der Waals surface area contributed by atoms with Crippen LogP contribution in [0.1, 0.15) is 18.4 Å². The molecule has 1 aromatic heterocycles. The lowest BCUT2D eigenvalue weighted by Crippen LogP contribution is -2.25. The Labute approximate surface area is 118 Å². The van der Waals surface area contributed by atoms with Gasteiger partial charge in [0, 0.05) is 30.1 Å². The van der Waals surface area contributed by atoms with Crippen molar-refractivity contribution in [2.45, 2.75) is 19.3 Å². The van der Waals surface area contributed by atoms with Crippen molar-refractivity contribution in [3.05, 3.63) is 36.0 Å². The Kier molecular flexibility index (Phi) is 5.33. The van der Waals surface area contributed by atoms with E-state index in [-0.39, 0.29) is 5.91 Å². The lowest BCUT2D eigenvalue weighted by atomic mass is 10.1. The molecule has 0 saturated heterocycles. The van der Waals surface area contributed by atoms with E-state index >= 15 is 0 Å². The van der Waals surface area contributed by atoms with Gasteiger partial charge in [-0.15, -0.1) is 0 Å². The zero-order valence-electron chi connectivity index (χ0n) is 11.2. The molecule has 0 spiro atoms. The molecule has 0 radical (unpaired) electrons. The topological polar surface area (TPSA) is 44.9 Å². The summed E-state index contributed by atoms with van der Waals surface area (Å²) < 4.78 is 0. The van der Waals surface area contributed by atoms with Gasteiger partial charge in [0.2, 0.25) is 5.91 Å². The molecule has 1 aromatic carbocycles. The summed E-state index contributed by atoms with van der Waals surface area (Å²) in [6, 6.07) is 8.25. The third kappa shape index (κ3) is 4.03. The second-order valence-corrected chi connectivity index (χ2v) is 5.54. The van der Waals surface area contributed by atoms with Crippen LogP contribution in [0.4, 0.5) is 0 Å². The zero-order chi connectivity index (χ0) is 13.5. The van der Waals surface area contributed by atoms with Crippen LogP contribution in [0.5, 0.6) is 0 Å². The highest BCUT2D eigenvalue weighted by Crippen LogP contribution is 2.17. The van der Waals surface area contributed by atoms with Crippen molar-refractivity contribution in [2.24, 2.45) is 0 Å². The summed E-state index contributed by atoms with van der Waals surface area (Å²) in [5.41, 5.74) is 2.42. The average molecular weight is 276 g/mol. The fraction of sp³-hybridized carbons (Fsp3) is 0.400. The normalized spacial score (nSPS) is 10.8. The fourth-order valence-electron chi connectivity index (χ4n) is 2.14. The molecule has 2 rings (SSSR count). The van der Waals surface area contributed by atoms with Crippen LogP contribution in [0, 0.1) is 0 Å². The predicted molar refractivity (Wildman–Crippen MR) is 82.6 cm³/mol. The Balaban J connectivity index is 1.78. The van der Waals surface area contributed by atoms with Crippen molar-refractivity contribution in [3.8, 4) is 0 Å². The molecule has 102 valence electrons. The average Bonchev–Trinajstić information content (AvgIpc) is 2.83. The minimum Gasteiger partial charge on any atom is -0.361 e. The van der Waals surface area contributed by atoms with E-state index in [1.807, 2.05) is 18.3 Å². The van der Waals surface area contributed by atoms with Crippen LogP contribution < -0.4 is 5.32 Å². The molecule has 0 aliphatic rings. The third-order valence-corrected chi connectivity index (χ3v) is 3.84. The summed E-state index contributed by atoms with van der Waals surface area (Å²) in [6.45, 7) is 0.708. The number of thioether (sulfide) groups is 1. The van der Waals surface area contributed by atoms with Crippen LogP contribution in [0.3, 0.4) is 0 Å². The molecular formula is C15H20N2OS. The highest BCUT2D eigenvalue weighted by Gasteiger charge is 2.04. The van der Waals surface area contributed by atoms with E-state index in [0.29, 0.717) is 13.0 Å². The number of benzene rings is 1. The molecule has 0 saturated carbocycles. The Morgan fingerprint density at radius 1 is 1.37 bits per heavy atom. The highest BCUT2D eigenvalue weighted by molar-refractivity contribution is 7.98. The molecule has 2 N–H and O–H groups in total. The van der Waals surface area contributed by atoms with Gasteiger partial charge in [-0.3, -0.25) is 4.79 Å². The Morgan fingerprint density at radius 2 is 2.21 bits per heavy atom. The van der Waals surface area contributed by atoms with Crippen LogP contribution in [0.25, 0.3) is 10.9 Å². The maximum atomic E-state index is 11.6. The molecule has 4 heteroatoms. The van der Waals surface area contributed by atoms with Crippen LogP contribution in [0.15, 0.2) is 30.5 Å². The summed E-state index contributed by atoms with van der Waals surface area (Å²) >= 11 is 1.78. The lowest BCUT2D eigenvalue weighted by Gasteiger charge is -2.04. The minimum atomic E-state index is 0.161. The second-order valence-electron chi connectivity index (χ2n) is 4.56. The molecule has 3 nitrogen and oxygen atoms in total. The monoisotopic (exact) mass is 276 g/mol. The number of rotatable bonds is 7. The first-order chi connectivity index (χ1) is 9.31. The van der Waals surface area contributed by atoms with E-state index in [4.69, 9.17) is 0 Å². The quantitative estimate of drug-likeness (QED) is 0.764. The number of nitrogens with one attached hydrogen (secondary N) is 2. The van der Waals surface area contributed by atoms with Crippen molar-refractivity contribution in [1.29, 1.82) is 0 Å². The Morgan fingerprint density at radius 3 is 3.05 bits per heavy atom. The van der Waals surface area contributed by atoms with Gasteiger partial charge in [-0.25, -0.2) is 0 Å². The van der Waals surface area contributed by atoms with Gasteiger partial charge in [0.1, 0.15) is 0 Å². The smallest absolute Gasteiger partial charge is 0.220 e. The first-order valence-electron chi connectivity index (χ1n) is 6.62. The molecule has 2 aromatic rings. The van der Waals surface area contributed by atoms with E-state index in [1.54, 1.807) is 11.8 Å². The van der Waals surface area contributed by atoms with Gasteiger partial charge in [-0.1, -0.05) is 18.2 Å². The number of carbonyl (C=O) groups is 1. The number of carbonyl (C=O) groups excluding carboxylic acids is 1. The predicted octanol–water partition coefficient (Wildman–Crippen LogP) is 2.97. The molecule has 1 amide bonds. The van der Waals surface area contributed by atoms with Gasteiger partial charge >= 0.3 is 0 Å². The number of aromatic amines is 1. The number of hydrogen-bond donors (Lipinski definition) is 2. The van der Waals surface area contributed by atoms with Crippen LogP contribution in [0.2, 0.25) is 0 Å². The van der Waals surface area contributed by atoms with Gasteiger partial charge < -0.3 is 10.3 Å². The largest absolute Gasteiger partial charge is 0.361 e. The number of fused-ring (bicyclic) bond motifs is 1. The van der Waals surface area contributed by atoms with Gasteiger partial charge in [0.25, 0.3) is 0 Å². The van der Waals surface area contributed by atoms with Crippen molar-refractivity contribution < 1.29 is 4.79 Å².